The Balaban J connectivity index is 5.41. The largest absolute Gasteiger partial charge is 0.210 e. The minimum Gasteiger partial charge on any atom is -0.210 e. The van der Waals surface area contributed by atoms with Crippen LogP contribution in [0.5, 0.6) is 0 Å². The molecule has 0 aromatic rings. The minimum atomic E-state index is 0.0842. The van der Waals surface area contributed by atoms with Crippen LogP contribution in [0, 0.1) is 18.4 Å². The van der Waals surface area contributed by atoms with Crippen LogP contribution < -0.4 is 0 Å². The van der Waals surface area contributed by atoms with E-state index in [0.717, 1.165) is 16.7 Å². The van der Waals surface area contributed by atoms with Gasteiger partial charge in [0.15, 0.2) is 0 Å². The van der Waals surface area contributed by atoms with Crippen molar-refractivity contribution in [1.29, 1.82) is 0 Å². The molecule has 0 rings (SSSR count). The Morgan fingerprint density at radius 1 is 1.47 bits per heavy atom. The van der Waals surface area contributed by atoms with E-state index in [2.05, 4.69) is 23.3 Å². The van der Waals surface area contributed by atoms with Crippen LogP contribution in [0.1, 0.15) is 20.8 Å². The van der Waals surface area contributed by atoms with E-state index < -0.39 is 0 Å². The Labute approximate surface area is 121 Å². The number of hydrogen-bond donors (Lipinski definition) is 0. The molecule has 1 nitrogen and oxygen atoms in total. The van der Waals surface area contributed by atoms with Gasteiger partial charge in [-0.1, -0.05) is 38.2 Å². The molecule has 100 valence electrons. The first-order valence-electron chi connectivity index (χ1n) is 6.04. The van der Waals surface area contributed by atoms with Crippen molar-refractivity contribution >= 4 is 18.0 Å². The lowest BCUT2D eigenvalue weighted by molar-refractivity contribution is 0.952. The molecule has 0 bridgehead atoms. The normalized spacial score (nSPS) is 13.1. The quantitative estimate of drug-likeness (QED) is 0.293. The van der Waals surface area contributed by atoms with Crippen LogP contribution in [0.3, 0.4) is 0 Å². The van der Waals surface area contributed by atoms with Gasteiger partial charge in [-0.3, -0.25) is 0 Å². The van der Waals surface area contributed by atoms with Gasteiger partial charge in [0.05, 0.1) is 0 Å². The van der Waals surface area contributed by atoms with Crippen molar-refractivity contribution in [3.8, 4) is 12.5 Å². The monoisotopic (exact) mass is 271 g/mol. The van der Waals surface area contributed by atoms with Crippen LogP contribution >= 0.6 is 11.8 Å². The second-order valence-corrected chi connectivity index (χ2v) is 4.67. The van der Waals surface area contributed by atoms with E-state index in [9.17, 15) is 0 Å². The number of thioether (sulfide) groups is 1. The van der Waals surface area contributed by atoms with Gasteiger partial charge in [-0.25, -0.2) is 4.99 Å². The molecule has 0 amide bonds. The molecule has 0 aliphatic rings. The van der Waals surface area contributed by atoms with E-state index in [1.165, 1.54) is 0 Å². The molecule has 0 saturated heterocycles. The van der Waals surface area contributed by atoms with Crippen molar-refractivity contribution in [2.24, 2.45) is 10.9 Å². The molecule has 1 unspecified atom stereocenters. The van der Waals surface area contributed by atoms with Crippen LogP contribution in [0.2, 0.25) is 0 Å². The highest BCUT2D eigenvalue weighted by Crippen LogP contribution is 2.23. The number of aliphatic imine (C=N–C) groups is 1. The number of rotatable bonds is 6. The van der Waals surface area contributed by atoms with Crippen molar-refractivity contribution in [1.82, 2.24) is 0 Å². The Morgan fingerprint density at radius 3 is 2.68 bits per heavy atom. The summed E-state index contributed by atoms with van der Waals surface area (Å²) in [5.41, 5.74) is 6.34. The predicted octanol–water partition coefficient (Wildman–Crippen LogP) is 4.76. The van der Waals surface area contributed by atoms with Gasteiger partial charge in [0.1, 0.15) is 0 Å². The number of allylic oxidation sites excluding steroid dienone is 6. The maximum Gasteiger partial charge on any atom is 0.0298 e. The van der Waals surface area contributed by atoms with Crippen molar-refractivity contribution in [2.75, 3.05) is 6.26 Å². The van der Waals surface area contributed by atoms with Gasteiger partial charge < -0.3 is 0 Å². The Morgan fingerprint density at radius 2 is 2.16 bits per heavy atom. The first-order chi connectivity index (χ1) is 9.08. The molecule has 0 aliphatic carbocycles. The van der Waals surface area contributed by atoms with Crippen molar-refractivity contribution in [3.05, 3.63) is 52.7 Å². The summed E-state index contributed by atoms with van der Waals surface area (Å²) in [7, 11) is 0. The topological polar surface area (TPSA) is 12.4 Å². The molecule has 0 fully saturated rings. The zero-order chi connectivity index (χ0) is 14.7. The maximum atomic E-state index is 5.15. The lowest BCUT2D eigenvalue weighted by Crippen LogP contribution is -2.03. The zero-order valence-electron chi connectivity index (χ0n) is 12.1. The van der Waals surface area contributed by atoms with Gasteiger partial charge >= 0.3 is 0 Å². The molecule has 0 aromatic carbocycles. The lowest BCUT2D eigenvalue weighted by atomic mass is 9.92. The molecule has 0 aromatic heterocycles. The summed E-state index contributed by atoms with van der Waals surface area (Å²) < 4.78 is 0. The Bertz CT molecular complexity index is 492. The summed E-state index contributed by atoms with van der Waals surface area (Å²) in [6, 6.07) is 2.27. The molecule has 0 spiro atoms. The molecule has 19 heavy (non-hydrogen) atoms. The van der Waals surface area contributed by atoms with E-state index in [-0.39, 0.29) is 5.92 Å². The summed E-state index contributed by atoms with van der Waals surface area (Å²) in [5, 5.41) is 1.92. The van der Waals surface area contributed by atoms with Crippen molar-refractivity contribution in [2.45, 2.75) is 20.8 Å². The highest BCUT2D eigenvalue weighted by atomic mass is 32.2. The molecular weight excluding hydrogens is 250 g/mol. The third kappa shape index (κ3) is 6.72. The molecular formula is C17H21NS. The van der Waals surface area contributed by atoms with Gasteiger partial charge in [-0.2, -0.15) is 0 Å². The highest BCUT2D eigenvalue weighted by molar-refractivity contribution is 8.01. The highest BCUT2D eigenvalue weighted by Gasteiger charge is 2.10. The van der Waals surface area contributed by atoms with Crippen molar-refractivity contribution < 1.29 is 0 Å². The standard InChI is InChI=1S/C17H21NS/c1-7-9-10-14(3)16(5)17(11-12-19-6)15(4)13-18-8-2/h2,7,9-10,12-13,15H,5H2,1,3-4,6H3/b9-7-,14-10-,18-13?. The molecule has 0 saturated carbocycles. The second kappa shape index (κ2) is 10.3. The van der Waals surface area contributed by atoms with Crippen LogP contribution in [0.25, 0.3) is 0 Å². The van der Waals surface area contributed by atoms with Gasteiger partial charge in [-0.05, 0) is 31.2 Å². The Hall–Kier alpha value is -1.68. The maximum absolute atomic E-state index is 5.15. The van der Waals surface area contributed by atoms with E-state index >= 15 is 0 Å². The average Bonchev–Trinajstić information content (AvgIpc) is 2.42. The van der Waals surface area contributed by atoms with Gasteiger partial charge in [0.2, 0.25) is 0 Å². The van der Waals surface area contributed by atoms with Gasteiger partial charge in [-0.15, -0.1) is 17.5 Å². The van der Waals surface area contributed by atoms with E-state index in [1.807, 2.05) is 50.7 Å². The van der Waals surface area contributed by atoms with Crippen LogP contribution in [-0.2, 0) is 0 Å². The number of hydrogen-bond acceptors (Lipinski definition) is 2. The van der Waals surface area contributed by atoms with Crippen LogP contribution in [0.4, 0.5) is 0 Å². The SMILES string of the molecule is C#CN=CC(C)C(=C=CSC)C(=C)/C(C)=C\C=C/C. The van der Waals surface area contributed by atoms with Gasteiger partial charge in [0.25, 0.3) is 0 Å². The third-order valence-electron chi connectivity index (χ3n) is 2.50. The van der Waals surface area contributed by atoms with Crippen molar-refractivity contribution in [3.63, 3.8) is 0 Å². The average molecular weight is 271 g/mol. The van der Waals surface area contributed by atoms with E-state index in [1.54, 1.807) is 18.0 Å². The van der Waals surface area contributed by atoms with E-state index in [4.69, 9.17) is 6.42 Å². The minimum absolute atomic E-state index is 0.0842. The Kier molecular flexibility index (Phi) is 9.35. The number of nitrogens with zero attached hydrogens (tertiary/aromatic N) is 1. The summed E-state index contributed by atoms with van der Waals surface area (Å²) >= 11 is 1.60. The molecule has 0 N–H and O–H groups in total. The fourth-order valence-electron chi connectivity index (χ4n) is 1.40. The lowest BCUT2D eigenvalue weighted by Gasteiger charge is -2.12. The van der Waals surface area contributed by atoms with Crippen LogP contribution in [0.15, 0.2) is 57.7 Å². The molecule has 0 heterocycles. The fourth-order valence-corrected chi connectivity index (χ4v) is 1.64. The number of terminal acetylenes is 1. The molecule has 0 aliphatic heterocycles. The molecule has 1 atom stereocenters. The van der Waals surface area contributed by atoms with Gasteiger partial charge in [0, 0.05) is 29.2 Å². The smallest absolute Gasteiger partial charge is 0.0298 e. The summed E-state index contributed by atoms with van der Waals surface area (Å²) in [5.74, 6) is 0.0842. The summed E-state index contributed by atoms with van der Waals surface area (Å²) in [6.07, 6.45) is 14.9. The molecule has 0 radical (unpaired) electrons. The summed E-state index contributed by atoms with van der Waals surface area (Å²) in [4.78, 5) is 3.85. The first-order valence-corrected chi connectivity index (χ1v) is 7.33. The van der Waals surface area contributed by atoms with E-state index in [0.29, 0.717) is 0 Å². The molecule has 2 heteroatoms. The third-order valence-corrected chi connectivity index (χ3v) is 2.85. The fraction of sp³-hybridized carbons (Fsp3) is 0.294. The van der Waals surface area contributed by atoms with Crippen LogP contribution in [-0.4, -0.2) is 12.5 Å². The predicted molar refractivity (Wildman–Crippen MR) is 89.3 cm³/mol. The second-order valence-electron chi connectivity index (χ2n) is 3.96. The summed E-state index contributed by atoms with van der Waals surface area (Å²) in [6.45, 7) is 10.2. The first kappa shape index (κ1) is 17.3. The zero-order valence-corrected chi connectivity index (χ0v) is 12.9.